The summed E-state index contributed by atoms with van der Waals surface area (Å²) >= 11 is 0. The predicted octanol–water partition coefficient (Wildman–Crippen LogP) is 1.49. The summed E-state index contributed by atoms with van der Waals surface area (Å²) in [5.74, 6) is 0.401. The van der Waals surface area contributed by atoms with Gasteiger partial charge >= 0.3 is 0 Å². The maximum Gasteiger partial charge on any atom is 0.223 e. The lowest BCUT2D eigenvalue weighted by Crippen LogP contribution is -2.30. The van der Waals surface area contributed by atoms with Crippen LogP contribution in [0, 0.1) is 0 Å². The van der Waals surface area contributed by atoms with E-state index in [0.29, 0.717) is 19.0 Å². The molecule has 1 aliphatic carbocycles. The molecule has 18 heavy (non-hydrogen) atoms. The molecule has 0 radical (unpaired) electrons. The fourth-order valence-electron chi connectivity index (χ4n) is 1.82. The molecule has 4 heteroatoms. The number of hydrogen-bond acceptors (Lipinski definition) is 3. The van der Waals surface area contributed by atoms with Gasteiger partial charge in [0.2, 0.25) is 5.91 Å². The summed E-state index contributed by atoms with van der Waals surface area (Å²) < 4.78 is 0. The molecule has 98 valence electrons. The van der Waals surface area contributed by atoms with Crippen molar-refractivity contribution in [3.05, 3.63) is 29.8 Å². The lowest BCUT2D eigenvalue weighted by molar-refractivity contribution is -0.130. The normalized spacial score (nSPS) is 14.5. The van der Waals surface area contributed by atoms with Crippen LogP contribution < -0.4 is 5.32 Å². The van der Waals surface area contributed by atoms with Crippen molar-refractivity contribution in [1.82, 2.24) is 10.2 Å². The molecule has 0 aromatic heterocycles. The molecular formula is C14H20N2O2. The summed E-state index contributed by atoms with van der Waals surface area (Å²) in [7, 11) is 1.81. The van der Waals surface area contributed by atoms with E-state index < -0.39 is 0 Å². The summed E-state index contributed by atoms with van der Waals surface area (Å²) in [6.07, 6.45) is 3.04. The van der Waals surface area contributed by atoms with Gasteiger partial charge < -0.3 is 15.3 Å². The average molecular weight is 248 g/mol. The minimum absolute atomic E-state index is 0.149. The standard InChI is InChI=1S/C14H20N2O2/c1-16(10-11-2-6-13(17)7-3-11)14(18)8-9-15-12-4-5-12/h2-3,6-7,12,15,17H,4-5,8-10H2,1H3. The van der Waals surface area contributed by atoms with Crippen molar-refractivity contribution >= 4 is 5.91 Å². The second-order valence-corrected chi connectivity index (χ2v) is 4.89. The van der Waals surface area contributed by atoms with E-state index in [1.807, 2.05) is 19.2 Å². The van der Waals surface area contributed by atoms with Gasteiger partial charge in [0, 0.05) is 32.6 Å². The number of amides is 1. The average Bonchev–Trinajstić information content (AvgIpc) is 3.16. The van der Waals surface area contributed by atoms with Crippen molar-refractivity contribution < 1.29 is 9.90 Å². The molecule has 0 aliphatic heterocycles. The highest BCUT2D eigenvalue weighted by Crippen LogP contribution is 2.18. The Bertz CT molecular complexity index is 399. The summed E-state index contributed by atoms with van der Waals surface area (Å²) in [5, 5.41) is 12.5. The van der Waals surface area contributed by atoms with Crippen LogP contribution in [0.25, 0.3) is 0 Å². The second-order valence-electron chi connectivity index (χ2n) is 4.89. The molecule has 0 bridgehead atoms. The number of nitrogens with zero attached hydrogens (tertiary/aromatic N) is 1. The van der Waals surface area contributed by atoms with E-state index in [-0.39, 0.29) is 11.7 Å². The first kappa shape index (κ1) is 12.9. The van der Waals surface area contributed by atoms with Gasteiger partial charge in [-0.05, 0) is 30.5 Å². The number of aromatic hydroxyl groups is 1. The molecule has 1 amide bonds. The van der Waals surface area contributed by atoms with E-state index in [9.17, 15) is 9.90 Å². The molecule has 0 heterocycles. The number of carbonyl (C=O) groups is 1. The number of carbonyl (C=O) groups excluding carboxylic acids is 1. The van der Waals surface area contributed by atoms with Crippen molar-refractivity contribution in [2.45, 2.75) is 31.8 Å². The van der Waals surface area contributed by atoms with E-state index in [2.05, 4.69) is 5.32 Å². The van der Waals surface area contributed by atoms with Gasteiger partial charge in [0.25, 0.3) is 0 Å². The van der Waals surface area contributed by atoms with Crippen molar-refractivity contribution in [3.8, 4) is 5.75 Å². The number of rotatable bonds is 6. The third-order valence-electron chi connectivity index (χ3n) is 3.13. The highest BCUT2D eigenvalue weighted by molar-refractivity contribution is 5.76. The third-order valence-corrected chi connectivity index (χ3v) is 3.13. The zero-order chi connectivity index (χ0) is 13.0. The Morgan fingerprint density at radius 2 is 2.06 bits per heavy atom. The first-order valence-electron chi connectivity index (χ1n) is 6.40. The van der Waals surface area contributed by atoms with E-state index >= 15 is 0 Å². The van der Waals surface area contributed by atoms with Crippen molar-refractivity contribution in [3.63, 3.8) is 0 Å². The van der Waals surface area contributed by atoms with E-state index in [4.69, 9.17) is 0 Å². The Balaban J connectivity index is 1.73. The van der Waals surface area contributed by atoms with Crippen LogP contribution in [-0.4, -0.2) is 35.5 Å². The summed E-state index contributed by atoms with van der Waals surface area (Å²) in [6.45, 7) is 1.35. The fraction of sp³-hybridized carbons (Fsp3) is 0.500. The monoisotopic (exact) mass is 248 g/mol. The van der Waals surface area contributed by atoms with Gasteiger partial charge in [-0.15, -0.1) is 0 Å². The van der Waals surface area contributed by atoms with Crippen molar-refractivity contribution in [1.29, 1.82) is 0 Å². The topological polar surface area (TPSA) is 52.6 Å². The van der Waals surface area contributed by atoms with Gasteiger partial charge in [0.15, 0.2) is 0 Å². The van der Waals surface area contributed by atoms with Crippen LogP contribution in [-0.2, 0) is 11.3 Å². The van der Waals surface area contributed by atoms with Crippen LogP contribution in [0.1, 0.15) is 24.8 Å². The Morgan fingerprint density at radius 1 is 1.39 bits per heavy atom. The van der Waals surface area contributed by atoms with Crippen LogP contribution in [0.5, 0.6) is 5.75 Å². The Morgan fingerprint density at radius 3 is 2.67 bits per heavy atom. The molecule has 4 nitrogen and oxygen atoms in total. The molecule has 1 aromatic carbocycles. The second kappa shape index (κ2) is 5.87. The molecule has 2 N–H and O–H groups in total. The van der Waals surface area contributed by atoms with E-state index in [1.54, 1.807) is 17.0 Å². The predicted molar refractivity (Wildman–Crippen MR) is 70.2 cm³/mol. The fourth-order valence-corrected chi connectivity index (χ4v) is 1.82. The van der Waals surface area contributed by atoms with Crippen molar-refractivity contribution in [2.24, 2.45) is 0 Å². The number of phenolic OH excluding ortho intramolecular Hbond substituents is 1. The van der Waals surface area contributed by atoms with Crippen LogP contribution in [0.4, 0.5) is 0 Å². The van der Waals surface area contributed by atoms with E-state index in [0.717, 1.165) is 12.1 Å². The SMILES string of the molecule is CN(Cc1ccc(O)cc1)C(=O)CCNC1CC1. The Kier molecular flexibility index (Phi) is 4.20. The molecule has 1 aromatic rings. The van der Waals surface area contributed by atoms with Crippen LogP contribution in [0.15, 0.2) is 24.3 Å². The molecule has 0 saturated heterocycles. The quantitative estimate of drug-likeness (QED) is 0.802. The summed E-state index contributed by atoms with van der Waals surface area (Å²) in [5.41, 5.74) is 1.03. The van der Waals surface area contributed by atoms with Gasteiger partial charge in [0.05, 0.1) is 0 Å². The molecule has 0 spiro atoms. The first-order valence-corrected chi connectivity index (χ1v) is 6.40. The largest absolute Gasteiger partial charge is 0.508 e. The van der Waals surface area contributed by atoms with Crippen LogP contribution in [0.2, 0.25) is 0 Å². The van der Waals surface area contributed by atoms with Crippen LogP contribution in [0.3, 0.4) is 0 Å². The summed E-state index contributed by atoms with van der Waals surface area (Å²) in [4.78, 5) is 13.6. The summed E-state index contributed by atoms with van der Waals surface area (Å²) in [6, 6.07) is 7.61. The molecular weight excluding hydrogens is 228 g/mol. The van der Waals surface area contributed by atoms with Crippen molar-refractivity contribution in [2.75, 3.05) is 13.6 Å². The number of phenols is 1. The zero-order valence-electron chi connectivity index (χ0n) is 10.7. The van der Waals surface area contributed by atoms with E-state index in [1.165, 1.54) is 12.8 Å². The highest BCUT2D eigenvalue weighted by Gasteiger charge is 2.20. The zero-order valence-corrected chi connectivity index (χ0v) is 10.7. The van der Waals surface area contributed by atoms with Gasteiger partial charge in [-0.2, -0.15) is 0 Å². The van der Waals surface area contributed by atoms with Gasteiger partial charge in [-0.25, -0.2) is 0 Å². The minimum Gasteiger partial charge on any atom is -0.508 e. The smallest absolute Gasteiger partial charge is 0.223 e. The minimum atomic E-state index is 0.149. The van der Waals surface area contributed by atoms with Crippen LogP contribution >= 0.6 is 0 Å². The number of nitrogens with one attached hydrogen (secondary N) is 1. The molecule has 1 aliphatic rings. The van der Waals surface area contributed by atoms with Gasteiger partial charge in [-0.1, -0.05) is 12.1 Å². The maximum atomic E-state index is 11.9. The first-order chi connectivity index (χ1) is 8.65. The molecule has 0 atom stereocenters. The lowest BCUT2D eigenvalue weighted by atomic mass is 10.2. The van der Waals surface area contributed by atoms with Gasteiger partial charge in [-0.3, -0.25) is 4.79 Å². The lowest BCUT2D eigenvalue weighted by Gasteiger charge is -2.17. The number of hydrogen-bond donors (Lipinski definition) is 2. The molecule has 1 fully saturated rings. The maximum absolute atomic E-state index is 11.9. The Labute approximate surface area is 108 Å². The highest BCUT2D eigenvalue weighted by atomic mass is 16.3. The third kappa shape index (κ3) is 4.04. The molecule has 2 rings (SSSR count). The Hall–Kier alpha value is -1.55. The van der Waals surface area contributed by atoms with Gasteiger partial charge in [0.1, 0.15) is 5.75 Å². The number of benzene rings is 1. The molecule has 0 unspecified atom stereocenters. The molecule has 1 saturated carbocycles.